The second-order valence-electron chi connectivity index (χ2n) is 5.70. The second-order valence-corrected chi connectivity index (χ2v) is 5.70. The number of piperidine rings is 1. The molecule has 1 aliphatic rings. The van der Waals surface area contributed by atoms with E-state index in [2.05, 4.69) is 10.2 Å². The van der Waals surface area contributed by atoms with Crippen LogP contribution in [0.2, 0.25) is 0 Å². The molecule has 0 bridgehead atoms. The number of likely N-dealkylation sites (tertiary alicyclic amines) is 1. The van der Waals surface area contributed by atoms with E-state index in [4.69, 9.17) is 0 Å². The summed E-state index contributed by atoms with van der Waals surface area (Å²) in [6.45, 7) is 2.57. The van der Waals surface area contributed by atoms with Gasteiger partial charge in [0.25, 0.3) is 0 Å². The van der Waals surface area contributed by atoms with Crippen molar-refractivity contribution in [3.63, 3.8) is 0 Å². The van der Waals surface area contributed by atoms with Crippen LogP contribution in [0.5, 0.6) is 0 Å². The molecule has 2 rings (SSSR count). The average Bonchev–Trinajstić information content (AvgIpc) is 2.49. The van der Waals surface area contributed by atoms with E-state index >= 15 is 0 Å². The molecule has 1 saturated heterocycles. The number of rotatable bonds is 5. The lowest BCUT2D eigenvalue weighted by Gasteiger charge is -2.33. The van der Waals surface area contributed by atoms with Crippen molar-refractivity contribution in [1.82, 2.24) is 15.1 Å². The van der Waals surface area contributed by atoms with Crippen molar-refractivity contribution in [3.8, 4) is 0 Å². The first-order valence-corrected chi connectivity index (χ1v) is 7.47. The van der Waals surface area contributed by atoms with Crippen molar-refractivity contribution in [3.05, 3.63) is 35.6 Å². The predicted octanol–water partition coefficient (Wildman–Crippen LogP) is 1.89. The Morgan fingerprint density at radius 1 is 1.45 bits per heavy atom. The van der Waals surface area contributed by atoms with Crippen LogP contribution in [0.4, 0.5) is 4.39 Å². The first kappa shape index (κ1) is 18.9. The van der Waals surface area contributed by atoms with E-state index in [1.54, 1.807) is 30.1 Å². The van der Waals surface area contributed by atoms with E-state index in [9.17, 15) is 9.18 Å². The summed E-state index contributed by atoms with van der Waals surface area (Å²) in [4.78, 5) is 16.0. The Kier molecular flexibility index (Phi) is 7.79. The summed E-state index contributed by atoms with van der Waals surface area (Å²) < 4.78 is 13.6. The van der Waals surface area contributed by atoms with E-state index in [-0.39, 0.29) is 24.1 Å². The van der Waals surface area contributed by atoms with Crippen molar-refractivity contribution >= 4 is 18.3 Å². The van der Waals surface area contributed by atoms with Crippen molar-refractivity contribution in [2.24, 2.45) is 0 Å². The fourth-order valence-electron chi connectivity index (χ4n) is 2.72. The van der Waals surface area contributed by atoms with Gasteiger partial charge in [0.15, 0.2) is 0 Å². The third-order valence-corrected chi connectivity index (χ3v) is 4.06. The van der Waals surface area contributed by atoms with Crippen LogP contribution in [0.15, 0.2) is 24.3 Å². The Morgan fingerprint density at radius 2 is 2.18 bits per heavy atom. The van der Waals surface area contributed by atoms with Gasteiger partial charge in [-0.05, 0) is 32.5 Å². The second kappa shape index (κ2) is 9.08. The minimum atomic E-state index is -0.259. The van der Waals surface area contributed by atoms with E-state index in [0.717, 1.165) is 25.9 Å². The standard InChI is InChI=1S/C16H24FN3O.ClH/c1-18-14-7-5-9-20(11-14)12-16(21)19(2)10-13-6-3-4-8-15(13)17;/h3-4,6,8,14,18H,5,7,9-12H2,1-2H3;1H. The smallest absolute Gasteiger partial charge is 0.236 e. The lowest BCUT2D eigenvalue weighted by molar-refractivity contribution is -0.132. The van der Waals surface area contributed by atoms with Crippen LogP contribution in [-0.2, 0) is 11.3 Å². The maximum Gasteiger partial charge on any atom is 0.236 e. The number of likely N-dealkylation sites (N-methyl/N-ethyl adjacent to an activating group) is 2. The maximum absolute atomic E-state index is 13.6. The molecular weight excluding hydrogens is 305 g/mol. The highest BCUT2D eigenvalue weighted by Gasteiger charge is 2.21. The number of hydrogen-bond acceptors (Lipinski definition) is 3. The van der Waals surface area contributed by atoms with Gasteiger partial charge in [-0.3, -0.25) is 9.69 Å². The number of nitrogens with zero attached hydrogens (tertiary/aromatic N) is 2. The van der Waals surface area contributed by atoms with Crippen LogP contribution in [0.25, 0.3) is 0 Å². The van der Waals surface area contributed by atoms with E-state index in [0.29, 0.717) is 24.7 Å². The molecule has 0 spiro atoms. The zero-order valence-corrected chi connectivity index (χ0v) is 14.0. The molecule has 1 fully saturated rings. The van der Waals surface area contributed by atoms with Crippen LogP contribution in [0.1, 0.15) is 18.4 Å². The summed E-state index contributed by atoms with van der Waals surface area (Å²) >= 11 is 0. The molecule has 1 heterocycles. The normalized spacial score (nSPS) is 18.6. The summed E-state index contributed by atoms with van der Waals surface area (Å²) in [5.74, 6) is -0.222. The van der Waals surface area contributed by atoms with Crippen molar-refractivity contribution < 1.29 is 9.18 Å². The lowest BCUT2D eigenvalue weighted by atomic mass is 10.1. The highest BCUT2D eigenvalue weighted by molar-refractivity contribution is 5.85. The molecule has 1 aromatic rings. The fourth-order valence-corrected chi connectivity index (χ4v) is 2.72. The minimum Gasteiger partial charge on any atom is -0.340 e. The van der Waals surface area contributed by atoms with Crippen LogP contribution in [0.3, 0.4) is 0 Å². The van der Waals surface area contributed by atoms with Crippen LogP contribution >= 0.6 is 12.4 Å². The zero-order valence-electron chi connectivity index (χ0n) is 13.2. The zero-order chi connectivity index (χ0) is 15.2. The first-order valence-electron chi connectivity index (χ1n) is 7.47. The predicted molar refractivity (Wildman–Crippen MR) is 88.6 cm³/mol. The molecule has 0 radical (unpaired) electrons. The molecule has 0 aliphatic carbocycles. The van der Waals surface area contributed by atoms with Gasteiger partial charge in [0.05, 0.1) is 6.54 Å². The van der Waals surface area contributed by atoms with Gasteiger partial charge >= 0.3 is 0 Å². The summed E-state index contributed by atoms with van der Waals surface area (Å²) in [5, 5.41) is 3.27. The van der Waals surface area contributed by atoms with Gasteiger partial charge in [-0.2, -0.15) is 0 Å². The molecule has 0 saturated carbocycles. The van der Waals surface area contributed by atoms with E-state index in [1.807, 2.05) is 7.05 Å². The van der Waals surface area contributed by atoms with Gasteiger partial charge in [-0.15, -0.1) is 12.4 Å². The highest BCUT2D eigenvalue weighted by Crippen LogP contribution is 2.12. The van der Waals surface area contributed by atoms with Gasteiger partial charge in [0, 0.05) is 31.7 Å². The number of carbonyl (C=O) groups excluding carboxylic acids is 1. The Bertz CT molecular complexity index is 486. The summed E-state index contributed by atoms with van der Waals surface area (Å²) in [6, 6.07) is 7.06. The van der Waals surface area contributed by atoms with Gasteiger partial charge in [-0.1, -0.05) is 18.2 Å². The highest BCUT2D eigenvalue weighted by atomic mass is 35.5. The van der Waals surface area contributed by atoms with Gasteiger partial charge in [0.2, 0.25) is 5.91 Å². The van der Waals surface area contributed by atoms with E-state index < -0.39 is 0 Å². The number of nitrogens with one attached hydrogen (secondary N) is 1. The summed E-state index contributed by atoms with van der Waals surface area (Å²) in [6.07, 6.45) is 2.27. The molecular formula is C16H25ClFN3O. The van der Waals surface area contributed by atoms with Crippen LogP contribution in [0, 0.1) is 5.82 Å². The molecule has 6 heteroatoms. The molecule has 0 aromatic heterocycles. The number of carbonyl (C=O) groups is 1. The van der Waals surface area contributed by atoms with Crippen molar-refractivity contribution in [2.75, 3.05) is 33.7 Å². The molecule has 1 amide bonds. The molecule has 1 aliphatic heterocycles. The number of benzene rings is 1. The molecule has 1 aromatic carbocycles. The molecule has 1 unspecified atom stereocenters. The molecule has 124 valence electrons. The van der Waals surface area contributed by atoms with Gasteiger partial charge < -0.3 is 10.2 Å². The Morgan fingerprint density at radius 3 is 2.86 bits per heavy atom. The first-order chi connectivity index (χ1) is 10.1. The quantitative estimate of drug-likeness (QED) is 0.896. The largest absolute Gasteiger partial charge is 0.340 e. The third kappa shape index (κ3) is 5.23. The van der Waals surface area contributed by atoms with Crippen molar-refractivity contribution in [2.45, 2.75) is 25.4 Å². The number of hydrogen-bond donors (Lipinski definition) is 1. The lowest BCUT2D eigenvalue weighted by Crippen LogP contribution is -2.48. The minimum absolute atomic E-state index is 0. The SMILES string of the molecule is CNC1CCCN(CC(=O)N(C)Cc2ccccc2F)C1.Cl. The molecule has 1 atom stereocenters. The van der Waals surface area contributed by atoms with Crippen molar-refractivity contribution in [1.29, 1.82) is 0 Å². The third-order valence-electron chi connectivity index (χ3n) is 4.06. The van der Waals surface area contributed by atoms with Gasteiger partial charge in [-0.25, -0.2) is 4.39 Å². The fraction of sp³-hybridized carbons (Fsp3) is 0.562. The topological polar surface area (TPSA) is 35.6 Å². The molecule has 22 heavy (non-hydrogen) atoms. The maximum atomic E-state index is 13.6. The summed E-state index contributed by atoms with van der Waals surface area (Å²) in [5.41, 5.74) is 0.556. The Hall–Kier alpha value is -1.17. The Labute approximate surface area is 138 Å². The molecule has 1 N–H and O–H groups in total. The van der Waals surface area contributed by atoms with Crippen LogP contribution in [-0.4, -0.2) is 55.5 Å². The van der Waals surface area contributed by atoms with E-state index in [1.165, 1.54) is 6.07 Å². The monoisotopic (exact) mass is 329 g/mol. The van der Waals surface area contributed by atoms with Gasteiger partial charge in [0.1, 0.15) is 5.82 Å². The number of halogens is 2. The number of amides is 1. The Balaban J connectivity index is 0.00000242. The summed E-state index contributed by atoms with van der Waals surface area (Å²) in [7, 11) is 3.69. The van der Waals surface area contributed by atoms with Crippen LogP contribution < -0.4 is 5.32 Å². The average molecular weight is 330 g/mol. The molecule has 4 nitrogen and oxygen atoms in total.